The summed E-state index contributed by atoms with van der Waals surface area (Å²) >= 11 is 0. The van der Waals surface area contributed by atoms with E-state index in [0.29, 0.717) is 12.4 Å². The van der Waals surface area contributed by atoms with Crippen molar-refractivity contribution in [2.45, 2.75) is 12.8 Å². The maximum atomic E-state index is 10.7. The van der Waals surface area contributed by atoms with E-state index in [9.17, 15) is 10.1 Å². The molecule has 18 heavy (non-hydrogen) atoms. The van der Waals surface area contributed by atoms with Crippen LogP contribution in [0.3, 0.4) is 0 Å². The number of nitro groups is 1. The molecule has 0 atom stereocenters. The fraction of sp³-hybridized carbons (Fsp3) is 0.455. The average Bonchev–Trinajstić information content (AvgIpc) is 2.98. The van der Waals surface area contributed by atoms with Crippen molar-refractivity contribution in [3.05, 3.63) is 34.7 Å². The summed E-state index contributed by atoms with van der Waals surface area (Å²) in [6.07, 6.45) is 7.10. The Labute approximate surface area is 105 Å². The number of anilines is 1. The summed E-state index contributed by atoms with van der Waals surface area (Å²) in [7, 11) is 0. The second-order valence-corrected chi connectivity index (χ2v) is 3.99. The summed E-state index contributed by atoms with van der Waals surface area (Å²) < 4.78 is 0. The van der Waals surface area contributed by atoms with Gasteiger partial charge in [0.05, 0.1) is 11.5 Å². The normalized spacial score (nSPS) is 14.7. The zero-order valence-corrected chi connectivity index (χ0v) is 9.96. The highest BCUT2D eigenvalue weighted by Gasteiger charge is 2.13. The predicted molar refractivity (Wildman–Crippen MR) is 67.0 cm³/mol. The van der Waals surface area contributed by atoms with Crippen LogP contribution in [0.5, 0.6) is 0 Å². The molecule has 98 valence electrons. The number of hydrogen-bond acceptors (Lipinski definition) is 5. The van der Waals surface area contributed by atoms with Crippen LogP contribution in [0.15, 0.2) is 24.6 Å². The highest BCUT2D eigenvalue weighted by Crippen LogP contribution is 2.21. The lowest BCUT2D eigenvalue weighted by Crippen LogP contribution is -2.20. The Hall–Kier alpha value is -2.02. The van der Waals surface area contributed by atoms with Crippen LogP contribution in [-0.2, 0) is 4.84 Å². The number of hydroxylamine groups is 2. The van der Waals surface area contributed by atoms with E-state index in [1.54, 1.807) is 12.5 Å². The van der Waals surface area contributed by atoms with E-state index >= 15 is 0 Å². The number of unbranched alkanes of at least 4 members (excludes halogenated alkanes) is 1. The minimum Gasteiger partial charge on any atom is -0.414 e. The van der Waals surface area contributed by atoms with Gasteiger partial charge in [0.2, 0.25) is 0 Å². The Morgan fingerprint density at radius 2 is 2.44 bits per heavy atom. The molecule has 2 heterocycles. The highest BCUT2D eigenvalue weighted by molar-refractivity contribution is 5.56. The first-order valence-electron chi connectivity index (χ1n) is 5.90. The molecule has 7 heteroatoms. The number of nitrogens with one attached hydrogen (secondary N) is 2. The SMILES string of the molecule is O=[N+]([O-])c1cc[nH]c1NCCCCN1CC=CO1. The second-order valence-electron chi connectivity index (χ2n) is 3.99. The molecule has 0 amide bonds. The molecule has 0 radical (unpaired) electrons. The molecule has 0 unspecified atom stereocenters. The monoisotopic (exact) mass is 252 g/mol. The van der Waals surface area contributed by atoms with E-state index in [1.807, 2.05) is 11.1 Å². The molecule has 0 aliphatic carbocycles. The van der Waals surface area contributed by atoms with Crippen LogP contribution in [0.25, 0.3) is 0 Å². The van der Waals surface area contributed by atoms with E-state index in [0.717, 1.165) is 25.9 Å². The fourth-order valence-corrected chi connectivity index (χ4v) is 1.76. The third-order valence-electron chi connectivity index (χ3n) is 2.67. The van der Waals surface area contributed by atoms with E-state index in [-0.39, 0.29) is 5.69 Å². The molecule has 1 aromatic heterocycles. The highest BCUT2D eigenvalue weighted by atomic mass is 16.7. The molecule has 0 saturated heterocycles. The third kappa shape index (κ3) is 3.24. The summed E-state index contributed by atoms with van der Waals surface area (Å²) in [6.45, 7) is 2.39. The lowest BCUT2D eigenvalue weighted by molar-refractivity contribution is -0.383. The van der Waals surface area contributed by atoms with Gasteiger partial charge in [-0.2, -0.15) is 0 Å². The smallest absolute Gasteiger partial charge is 0.310 e. The van der Waals surface area contributed by atoms with Crippen LogP contribution in [0.4, 0.5) is 11.5 Å². The summed E-state index contributed by atoms with van der Waals surface area (Å²) in [6, 6.07) is 1.45. The van der Waals surface area contributed by atoms with Crippen molar-refractivity contribution in [3.63, 3.8) is 0 Å². The summed E-state index contributed by atoms with van der Waals surface area (Å²) in [5.41, 5.74) is 0.0853. The zero-order valence-electron chi connectivity index (χ0n) is 9.96. The van der Waals surface area contributed by atoms with Crippen molar-refractivity contribution in [1.82, 2.24) is 10.0 Å². The first-order valence-corrected chi connectivity index (χ1v) is 5.90. The van der Waals surface area contributed by atoms with Gasteiger partial charge in [-0.05, 0) is 18.9 Å². The molecule has 1 aliphatic heterocycles. The molecule has 0 fully saturated rings. The molecule has 0 saturated carbocycles. The van der Waals surface area contributed by atoms with E-state index in [2.05, 4.69) is 10.3 Å². The molecule has 0 aromatic carbocycles. The number of nitrogens with zero attached hydrogens (tertiary/aromatic N) is 2. The number of aromatic amines is 1. The Balaban J connectivity index is 1.62. The van der Waals surface area contributed by atoms with Crippen LogP contribution >= 0.6 is 0 Å². The molecule has 0 spiro atoms. The van der Waals surface area contributed by atoms with Gasteiger partial charge in [-0.15, -0.1) is 5.06 Å². The van der Waals surface area contributed by atoms with Crippen LogP contribution in [0, 0.1) is 10.1 Å². The number of H-pyrrole nitrogens is 1. The molecule has 1 aliphatic rings. The van der Waals surface area contributed by atoms with Crippen LogP contribution < -0.4 is 5.32 Å². The second kappa shape index (κ2) is 6.06. The van der Waals surface area contributed by atoms with Crippen LogP contribution in [0.2, 0.25) is 0 Å². The largest absolute Gasteiger partial charge is 0.414 e. The van der Waals surface area contributed by atoms with Gasteiger partial charge < -0.3 is 15.1 Å². The molecule has 2 N–H and O–H groups in total. The van der Waals surface area contributed by atoms with Crippen molar-refractivity contribution in [2.24, 2.45) is 0 Å². The van der Waals surface area contributed by atoms with E-state index < -0.39 is 4.92 Å². The fourth-order valence-electron chi connectivity index (χ4n) is 1.76. The minimum atomic E-state index is -0.400. The van der Waals surface area contributed by atoms with Gasteiger partial charge >= 0.3 is 5.69 Å². The maximum Gasteiger partial charge on any atom is 0.310 e. The summed E-state index contributed by atoms with van der Waals surface area (Å²) in [4.78, 5) is 18.3. The minimum absolute atomic E-state index is 0.0853. The van der Waals surface area contributed by atoms with Crippen molar-refractivity contribution in [2.75, 3.05) is 25.0 Å². The zero-order chi connectivity index (χ0) is 12.8. The van der Waals surface area contributed by atoms with Crippen molar-refractivity contribution >= 4 is 11.5 Å². The Kier molecular flexibility index (Phi) is 4.19. The number of rotatable bonds is 7. The van der Waals surface area contributed by atoms with Crippen molar-refractivity contribution in [3.8, 4) is 0 Å². The quantitative estimate of drug-likeness (QED) is 0.439. The van der Waals surface area contributed by atoms with Gasteiger partial charge in [0, 0.05) is 25.4 Å². The molecular weight excluding hydrogens is 236 g/mol. The lowest BCUT2D eigenvalue weighted by atomic mass is 10.3. The first kappa shape index (κ1) is 12.4. The standard InChI is InChI=1S/C11H16N4O3/c16-15(17)10-4-6-13-11(10)12-5-1-2-7-14-8-3-9-18-14/h3-4,6,9,12-13H,1-2,5,7-8H2. The van der Waals surface area contributed by atoms with Gasteiger partial charge in [-0.1, -0.05) is 0 Å². The first-order chi connectivity index (χ1) is 8.77. The van der Waals surface area contributed by atoms with E-state index in [4.69, 9.17) is 4.84 Å². The van der Waals surface area contributed by atoms with Crippen molar-refractivity contribution < 1.29 is 9.76 Å². The summed E-state index contributed by atoms with van der Waals surface area (Å²) in [5.74, 6) is 0.471. The third-order valence-corrected chi connectivity index (χ3v) is 2.67. The lowest BCUT2D eigenvalue weighted by Gasteiger charge is -2.13. The van der Waals surface area contributed by atoms with Crippen LogP contribution in [-0.4, -0.2) is 34.6 Å². The van der Waals surface area contributed by atoms with Crippen molar-refractivity contribution in [1.29, 1.82) is 0 Å². The van der Waals surface area contributed by atoms with Crippen LogP contribution in [0.1, 0.15) is 12.8 Å². The predicted octanol–water partition coefficient (Wildman–Crippen LogP) is 1.88. The topological polar surface area (TPSA) is 83.4 Å². The molecule has 0 bridgehead atoms. The Morgan fingerprint density at radius 1 is 1.56 bits per heavy atom. The molecule has 1 aromatic rings. The van der Waals surface area contributed by atoms with E-state index in [1.165, 1.54) is 6.07 Å². The van der Waals surface area contributed by atoms with Gasteiger partial charge in [-0.25, -0.2) is 0 Å². The van der Waals surface area contributed by atoms with Gasteiger partial charge in [0.1, 0.15) is 6.26 Å². The maximum absolute atomic E-state index is 10.7. The Bertz CT molecular complexity index is 422. The molecule has 7 nitrogen and oxygen atoms in total. The molecule has 2 rings (SSSR count). The number of hydrogen-bond donors (Lipinski definition) is 2. The average molecular weight is 252 g/mol. The Morgan fingerprint density at radius 3 is 3.17 bits per heavy atom. The van der Waals surface area contributed by atoms with Gasteiger partial charge in [0.25, 0.3) is 0 Å². The number of aromatic nitrogens is 1. The van der Waals surface area contributed by atoms with Gasteiger partial charge in [0.15, 0.2) is 5.82 Å². The molecular formula is C11H16N4O3. The summed E-state index contributed by atoms with van der Waals surface area (Å²) in [5, 5.41) is 15.6. The van der Waals surface area contributed by atoms with Gasteiger partial charge in [-0.3, -0.25) is 10.1 Å².